The van der Waals surface area contributed by atoms with Gasteiger partial charge in [0.2, 0.25) is 0 Å². The number of anilines is 1. The third-order valence-corrected chi connectivity index (χ3v) is 2.96. The van der Waals surface area contributed by atoms with E-state index in [1.54, 1.807) is 13.0 Å². The van der Waals surface area contributed by atoms with E-state index >= 15 is 0 Å². The number of allylic oxidation sites excluding steroid dienone is 1. The molecule has 6 heteroatoms. The molecule has 0 saturated carbocycles. The van der Waals surface area contributed by atoms with Crippen LogP contribution in [-0.4, -0.2) is 18.0 Å². The minimum Gasteiger partial charge on any atom is -0.374 e. The van der Waals surface area contributed by atoms with E-state index < -0.39 is 23.8 Å². The van der Waals surface area contributed by atoms with Crippen molar-refractivity contribution in [1.29, 1.82) is 0 Å². The zero-order chi connectivity index (χ0) is 16.2. The lowest BCUT2D eigenvalue weighted by atomic mass is 10.0. The summed E-state index contributed by atoms with van der Waals surface area (Å²) in [7, 11) is 0. The van der Waals surface area contributed by atoms with Gasteiger partial charge in [0, 0.05) is 5.69 Å². The molecule has 0 bridgehead atoms. The number of alkyl halides is 3. The van der Waals surface area contributed by atoms with Gasteiger partial charge in [0.25, 0.3) is 0 Å². The van der Waals surface area contributed by atoms with Crippen LogP contribution in [0.15, 0.2) is 18.2 Å². The van der Waals surface area contributed by atoms with Gasteiger partial charge in [-0.25, -0.2) is 4.39 Å². The number of carbonyl (C=O) groups is 1. The lowest BCUT2D eigenvalue weighted by molar-refractivity contribution is -0.142. The van der Waals surface area contributed by atoms with Gasteiger partial charge in [-0.2, -0.15) is 13.2 Å². The summed E-state index contributed by atoms with van der Waals surface area (Å²) in [6, 6.07) is 0.491. The summed E-state index contributed by atoms with van der Waals surface area (Å²) in [6.45, 7) is 4.27. The molecule has 1 aromatic carbocycles. The largest absolute Gasteiger partial charge is 0.408 e. The number of ketones is 1. The van der Waals surface area contributed by atoms with Gasteiger partial charge in [-0.05, 0) is 38.0 Å². The smallest absolute Gasteiger partial charge is 0.374 e. The quantitative estimate of drug-likeness (QED) is 0.624. The van der Waals surface area contributed by atoms with Crippen LogP contribution in [0.2, 0.25) is 0 Å². The van der Waals surface area contributed by atoms with E-state index in [0.29, 0.717) is 0 Å². The molecule has 1 N–H and O–H groups in total. The Hall–Kier alpha value is -1.85. The summed E-state index contributed by atoms with van der Waals surface area (Å²) in [4.78, 5) is 11.4. The molecule has 0 unspecified atom stereocenters. The summed E-state index contributed by atoms with van der Waals surface area (Å²) in [5.74, 6) is -1.31. The molecule has 0 fully saturated rings. The molecule has 1 atom stereocenters. The van der Waals surface area contributed by atoms with Crippen LogP contribution >= 0.6 is 0 Å². The first-order valence-electron chi connectivity index (χ1n) is 6.51. The summed E-state index contributed by atoms with van der Waals surface area (Å²) in [6.07, 6.45) is -1.53. The summed E-state index contributed by atoms with van der Waals surface area (Å²) in [5, 5.41) is 2.26. The molecule has 0 heterocycles. The van der Waals surface area contributed by atoms with Crippen molar-refractivity contribution in [3.8, 4) is 0 Å². The monoisotopic (exact) mass is 303 g/mol. The Morgan fingerprint density at radius 3 is 2.43 bits per heavy atom. The molecule has 0 aliphatic rings. The molecule has 0 aliphatic carbocycles. The van der Waals surface area contributed by atoms with Crippen LogP contribution in [0.3, 0.4) is 0 Å². The van der Waals surface area contributed by atoms with E-state index in [9.17, 15) is 22.4 Å². The first-order chi connectivity index (χ1) is 9.70. The Kier molecular flexibility index (Phi) is 5.52. The lowest BCUT2D eigenvalue weighted by Crippen LogP contribution is -2.35. The number of hydrogen-bond donors (Lipinski definition) is 1. The molecule has 0 amide bonds. The minimum atomic E-state index is -4.43. The highest BCUT2D eigenvalue weighted by molar-refractivity contribution is 5.98. The van der Waals surface area contributed by atoms with E-state index in [1.807, 2.05) is 0 Å². The predicted molar refractivity (Wildman–Crippen MR) is 74.9 cm³/mol. The molecule has 21 heavy (non-hydrogen) atoms. The number of carbonyl (C=O) groups excluding carboxylic acids is 1. The van der Waals surface area contributed by atoms with Gasteiger partial charge in [0.05, 0.1) is 5.56 Å². The van der Waals surface area contributed by atoms with Gasteiger partial charge in [0.15, 0.2) is 5.78 Å². The van der Waals surface area contributed by atoms with Crippen LogP contribution in [0.5, 0.6) is 0 Å². The second-order valence-electron chi connectivity index (χ2n) is 4.63. The van der Waals surface area contributed by atoms with Crippen LogP contribution in [0.4, 0.5) is 23.2 Å². The van der Waals surface area contributed by atoms with Crippen LogP contribution in [0, 0.1) is 5.82 Å². The zero-order valence-corrected chi connectivity index (χ0v) is 12.0. The highest BCUT2D eigenvalue weighted by atomic mass is 19.4. The molecule has 0 aromatic heterocycles. The average molecular weight is 303 g/mol. The number of Topliss-reactive ketones (excluding diaryl/α,β-unsaturated/α-hetero) is 1. The maximum Gasteiger partial charge on any atom is 0.408 e. The fourth-order valence-electron chi connectivity index (χ4n) is 2.01. The van der Waals surface area contributed by atoms with E-state index in [0.717, 1.165) is 6.07 Å². The number of rotatable bonds is 5. The fourth-order valence-corrected chi connectivity index (χ4v) is 2.01. The molecule has 0 radical (unpaired) electrons. The summed E-state index contributed by atoms with van der Waals surface area (Å²) < 4.78 is 52.2. The molecule has 116 valence electrons. The Bertz CT molecular complexity index is 549. The first-order valence-corrected chi connectivity index (χ1v) is 6.51. The second-order valence-corrected chi connectivity index (χ2v) is 4.63. The van der Waals surface area contributed by atoms with Crippen molar-refractivity contribution in [2.24, 2.45) is 0 Å². The molecular weight excluding hydrogens is 286 g/mol. The van der Waals surface area contributed by atoms with Crippen molar-refractivity contribution in [3.05, 3.63) is 35.2 Å². The Labute approximate surface area is 120 Å². The second kappa shape index (κ2) is 6.74. The highest BCUT2D eigenvalue weighted by Crippen LogP contribution is 2.28. The van der Waals surface area contributed by atoms with Crippen molar-refractivity contribution in [2.75, 3.05) is 5.32 Å². The number of nitrogens with one attached hydrogen (secondary N) is 1. The Morgan fingerprint density at radius 2 is 2.00 bits per heavy atom. The first kappa shape index (κ1) is 17.2. The van der Waals surface area contributed by atoms with Crippen molar-refractivity contribution in [2.45, 2.75) is 39.4 Å². The van der Waals surface area contributed by atoms with Crippen molar-refractivity contribution < 1.29 is 22.4 Å². The Balaban J connectivity index is 3.25. The Morgan fingerprint density at radius 1 is 1.38 bits per heavy atom. The number of hydrogen-bond acceptors (Lipinski definition) is 2. The molecule has 0 aliphatic heterocycles. The van der Waals surface area contributed by atoms with Crippen LogP contribution in [0.25, 0.3) is 6.08 Å². The van der Waals surface area contributed by atoms with E-state index in [4.69, 9.17) is 0 Å². The van der Waals surface area contributed by atoms with Crippen LogP contribution < -0.4 is 5.32 Å². The SMILES string of the molecule is C/C=C/c1cc(N[C@H](CC)C(F)(F)F)cc(F)c1C(C)=O. The topological polar surface area (TPSA) is 29.1 Å². The summed E-state index contributed by atoms with van der Waals surface area (Å²) in [5.41, 5.74) is 0.123. The van der Waals surface area contributed by atoms with Gasteiger partial charge in [-0.1, -0.05) is 19.1 Å². The van der Waals surface area contributed by atoms with E-state index in [2.05, 4.69) is 5.32 Å². The fraction of sp³-hybridized carbons (Fsp3) is 0.400. The third-order valence-electron chi connectivity index (χ3n) is 2.96. The van der Waals surface area contributed by atoms with Crippen molar-refractivity contribution >= 4 is 17.5 Å². The maximum absolute atomic E-state index is 14.0. The summed E-state index contributed by atoms with van der Waals surface area (Å²) >= 11 is 0. The van der Waals surface area contributed by atoms with E-state index in [-0.39, 0.29) is 23.2 Å². The molecule has 1 rings (SSSR count). The molecule has 0 saturated heterocycles. The van der Waals surface area contributed by atoms with Gasteiger partial charge in [0.1, 0.15) is 11.9 Å². The van der Waals surface area contributed by atoms with Gasteiger partial charge in [-0.3, -0.25) is 4.79 Å². The molecular formula is C15H17F4NO. The van der Waals surface area contributed by atoms with Crippen LogP contribution in [-0.2, 0) is 0 Å². The van der Waals surface area contributed by atoms with Gasteiger partial charge >= 0.3 is 6.18 Å². The number of halogens is 4. The average Bonchev–Trinajstić information content (AvgIpc) is 2.33. The zero-order valence-electron chi connectivity index (χ0n) is 12.0. The molecule has 0 spiro atoms. The van der Waals surface area contributed by atoms with Crippen molar-refractivity contribution in [3.63, 3.8) is 0 Å². The van der Waals surface area contributed by atoms with Crippen LogP contribution in [0.1, 0.15) is 43.1 Å². The predicted octanol–water partition coefficient (Wildman–Crippen LogP) is 4.81. The maximum atomic E-state index is 14.0. The molecule has 2 nitrogen and oxygen atoms in total. The standard InChI is InChI=1S/C15H17F4NO/c1-4-6-10-7-11(8-12(16)14(10)9(3)21)20-13(5-2)15(17,18)19/h4,6-8,13,20H,5H2,1-3H3/b6-4+/t13-/m1/s1. The minimum absolute atomic E-state index is 0.00484. The molecule has 1 aromatic rings. The number of benzene rings is 1. The highest BCUT2D eigenvalue weighted by Gasteiger charge is 2.38. The van der Waals surface area contributed by atoms with Gasteiger partial charge < -0.3 is 5.32 Å². The van der Waals surface area contributed by atoms with Crippen molar-refractivity contribution in [1.82, 2.24) is 0 Å². The normalized spacial score (nSPS) is 13.5. The van der Waals surface area contributed by atoms with Gasteiger partial charge in [-0.15, -0.1) is 0 Å². The lowest BCUT2D eigenvalue weighted by Gasteiger charge is -2.22. The van der Waals surface area contributed by atoms with E-state index in [1.165, 1.54) is 26.0 Å². The third kappa shape index (κ3) is 4.31.